The number of primary amides is 1. The molecule has 0 aliphatic carbocycles. The van der Waals surface area contributed by atoms with E-state index >= 15 is 0 Å². The van der Waals surface area contributed by atoms with Crippen molar-refractivity contribution in [3.63, 3.8) is 0 Å². The topological polar surface area (TPSA) is 182 Å². The minimum absolute atomic E-state index is 0.0617. The molecule has 62 heavy (non-hydrogen) atoms. The van der Waals surface area contributed by atoms with E-state index in [1.54, 1.807) is 34.1 Å². The van der Waals surface area contributed by atoms with Crippen LogP contribution in [-0.2, 0) is 40.4 Å². The molecule has 4 heterocycles. The molecule has 0 saturated heterocycles. The molecular weight excluding hydrogens is 793 g/mol. The molecule has 15 heteroatoms. The van der Waals surface area contributed by atoms with Crippen LogP contribution in [0, 0.1) is 0 Å². The SMILES string of the molecule is COc1cc2c(cc1OCc1cc(COc3cc4c(cc3OC)C(=O)N3c5ccccc5C[C@H]3C(=O)N4)cc(N(C)CCCC(N)=O)c1)NC(=O)[C@@H]1Cc3ccccc3N1C2=O. The van der Waals surface area contributed by atoms with E-state index in [0.717, 1.165) is 27.9 Å². The van der Waals surface area contributed by atoms with Crippen molar-refractivity contribution in [2.45, 2.75) is 51.0 Å². The van der Waals surface area contributed by atoms with E-state index in [1.165, 1.54) is 14.2 Å². The smallest absolute Gasteiger partial charge is 0.261 e. The predicted octanol–water partition coefficient (Wildman–Crippen LogP) is 5.61. The lowest BCUT2D eigenvalue weighted by molar-refractivity contribution is -0.118. The van der Waals surface area contributed by atoms with Crippen molar-refractivity contribution >= 4 is 58.0 Å². The summed E-state index contributed by atoms with van der Waals surface area (Å²) in [5.74, 6) is -0.366. The number of benzene rings is 5. The third-order valence-electron chi connectivity index (χ3n) is 11.8. The van der Waals surface area contributed by atoms with Gasteiger partial charge in [0.05, 0.1) is 36.7 Å². The van der Waals surface area contributed by atoms with E-state index in [9.17, 15) is 24.0 Å². The molecule has 0 radical (unpaired) electrons. The van der Waals surface area contributed by atoms with Crippen LogP contribution in [0.25, 0.3) is 0 Å². The molecule has 0 fully saturated rings. The lowest BCUT2D eigenvalue weighted by Gasteiger charge is -2.22. The van der Waals surface area contributed by atoms with Gasteiger partial charge in [-0.05, 0) is 71.1 Å². The van der Waals surface area contributed by atoms with Crippen LogP contribution in [0.1, 0.15) is 55.8 Å². The number of amides is 5. The van der Waals surface area contributed by atoms with Crippen LogP contribution in [0.5, 0.6) is 23.0 Å². The van der Waals surface area contributed by atoms with Gasteiger partial charge in [-0.15, -0.1) is 0 Å². The molecular formula is C47H44N6O9. The number of nitrogens with zero attached hydrogens (tertiary/aromatic N) is 3. The first-order valence-corrected chi connectivity index (χ1v) is 20.3. The molecule has 5 amide bonds. The molecule has 0 spiro atoms. The molecule has 4 aliphatic heterocycles. The summed E-state index contributed by atoms with van der Waals surface area (Å²) in [4.78, 5) is 71.6. The Balaban J connectivity index is 0.982. The van der Waals surface area contributed by atoms with Crippen molar-refractivity contribution in [1.82, 2.24) is 0 Å². The third kappa shape index (κ3) is 7.24. The van der Waals surface area contributed by atoms with Gasteiger partial charge in [0.1, 0.15) is 25.3 Å². The van der Waals surface area contributed by atoms with Crippen LogP contribution in [0.4, 0.5) is 28.4 Å². The van der Waals surface area contributed by atoms with E-state index in [2.05, 4.69) is 10.6 Å². The monoisotopic (exact) mass is 836 g/mol. The molecule has 9 rings (SSSR count). The second-order valence-electron chi connectivity index (χ2n) is 15.7. The van der Waals surface area contributed by atoms with Gasteiger partial charge in [-0.3, -0.25) is 33.8 Å². The standard InChI is InChI=1S/C47H44N6O9/c1-51(14-8-13-43(48)54)30-16-26(24-61-41-22-33-31(20-39(41)59-2)46(57)52-35-11-6-4-9-28(35)18-37(52)44(55)49-33)15-27(17-30)25-62-42-23-34-32(21-40(42)60-3)47(58)53-36-12-7-5-10-29(36)19-38(53)45(56)50-34/h4-7,9-12,15-17,20-23,37-38H,8,13-14,18-19,24-25H2,1-3H3,(H2,48,54)(H,49,55)(H,50,56)/t37-,38-/m0/s1. The largest absolute Gasteiger partial charge is 0.493 e. The first kappa shape index (κ1) is 39.9. The van der Waals surface area contributed by atoms with Crippen LogP contribution in [-0.4, -0.2) is 69.4 Å². The fourth-order valence-corrected chi connectivity index (χ4v) is 8.68. The number of rotatable bonds is 13. The first-order valence-electron chi connectivity index (χ1n) is 20.3. The molecule has 0 bridgehead atoms. The highest BCUT2D eigenvalue weighted by atomic mass is 16.5. The van der Waals surface area contributed by atoms with Gasteiger partial charge in [0, 0.05) is 62.0 Å². The number of anilines is 5. The van der Waals surface area contributed by atoms with Crippen molar-refractivity contribution in [3.8, 4) is 23.0 Å². The number of hydrogen-bond acceptors (Lipinski definition) is 10. The third-order valence-corrected chi connectivity index (χ3v) is 11.8. The van der Waals surface area contributed by atoms with E-state index in [1.807, 2.05) is 78.7 Å². The van der Waals surface area contributed by atoms with Crippen LogP contribution >= 0.6 is 0 Å². The predicted molar refractivity (Wildman–Crippen MR) is 232 cm³/mol. The van der Waals surface area contributed by atoms with Crippen molar-refractivity contribution < 1.29 is 42.9 Å². The summed E-state index contributed by atoms with van der Waals surface area (Å²) in [6, 6.07) is 25.9. The Labute approximate surface area is 357 Å². The summed E-state index contributed by atoms with van der Waals surface area (Å²) in [7, 11) is 4.88. The maximum Gasteiger partial charge on any atom is 0.261 e. The number of nitrogens with two attached hydrogens (primary N) is 1. The molecule has 5 aromatic carbocycles. The molecule has 4 aliphatic rings. The zero-order valence-corrected chi connectivity index (χ0v) is 34.4. The van der Waals surface area contributed by atoms with E-state index in [0.29, 0.717) is 71.6 Å². The fraction of sp³-hybridized carbons (Fsp3) is 0.255. The van der Waals surface area contributed by atoms with Crippen molar-refractivity contribution in [3.05, 3.63) is 124 Å². The Bertz CT molecular complexity index is 2520. The number of methoxy groups -OCH3 is 2. The van der Waals surface area contributed by atoms with Gasteiger partial charge in [-0.1, -0.05) is 36.4 Å². The first-order chi connectivity index (χ1) is 30.0. The van der Waals surface area contributed by atoms with E-state index < -0.39 is 12.1 Å². The van der Waals surface area contributed by atoms with Gasteiger partial charge in [-0.2, -0.15) is 0 Å². The van der Waals surface area contributed by atoms with E-state index in [4.69, 9.17) is 24.7 Å². The Morgan fingerprint density at radius 2 is 1.15 bits per heavy atom. The minimum atomic E-state index is -0.686. The highest BCUT2D eigenvalue weighted by molar-refractivity contribution is 6.21. The van der Waals surface area contributed by atoms with Gasteiger partial charge in [0.15, 0.2) is 23.0 Å². The normalized spacial score (nSPS) is 17.0. The minimum Gasteiger partial charge on any atom is -0.493 e. The van der Waals surface area contributed by atoms with Gasteiger partial charge in [0.25, 0.3) is 11.8 Å². The number of hydrogen-bond donors (Lipinski definition) is 3. The molecule has 0 aromatic heterocycles. The second kappa shape index (κ2) is 16.1. The quantitative estimate of drug-likeness (QED) is 0.135. The summed E-state index contributed by atoms with van der Waals surface area (Å²) in [6.45, 7) is 0.662. The van der Waals surface area contributed by atoms with Crippen LogP contribution < -0.4 is 50.0 Å². The number of para-hydroxylation sites is 2. The van der Waals surface area contributed by atoms with Crippen LogP contribution in [0.3, 0.4) is 0 Å². The molecule has 5 aromatic rings. The van der Waals surface area contributed by atoms with Crippen LogP contribution in [0.2, 0.25) is 0 Å². The summed E-state index contributed by atoms with van der Waals surface area (Å²) in [5.41, 5.74) is 12.2. The summed E-state index contributed by atoms with van der Waals surface area (Å²) < 4.78 is 24.2. The second-order valence-corrected chi connectivity index (χ2v) is 15.7. The number of ether oxygens (including phenoxy) is 4. The average Bonchev–Trinajstić information content (AvgIpc) is 3.82. The number of carbonyl (C=O) groups is 5. The van der Waals surface area contributed by atoms with Gasteiger partial charge < -0.3 is 40.2 Å². The van der Waals surface area contributed by atoms with Crippen molar-refractivity contribution in [2.75, 3.05) is 53.1 Å². The Morgan fingerprint density at radius 1 is 0.677 bits per heavy atom. The number of fused-ring (bicyclic) bond motifs is 8. The Morgan fingerprint density at radius 3 is 1.60 bits per heavy atom. The number of carbonyl (C=O) groups excluding carboxylic acids is 5. The molecule has 0 saturated carbocycles. The molecule has 4 N–H and O–H groups in total. The highest BCUT2D eigenvalue weighted by Crippen LogP contribution is 2.43. The highest BCUT2D eigenvalue weighted by Gasteiger charge is 2.43. The molecule has 2 atom stereocenters. The summed E-state index contributed by atoms with van der Waals surface area (Å²) >= 11 is 0. The summed E-state index contributed by atoms with van der Waals surface area (Å²) in [5, 5.41) is 5.89. The fourth-order valence-electron chi connectivity index (χ4n) is 8.68. The zero-order chi connectivity index (χ0) is 43.2. The van der Waals surface area contributed by atoms with Gasteiger partial charge >= 0.3 is 0 Å². The zero-order valence-electron chi connectivity index (χ0n) is 34.4. The maximum absolute atomic E-state index is 14.0. The molecule has 15 nitrogen and oxygen atoms in total. The lowest BCUT2D eigenvalue weighted by Crippen LogP contribution is -2.42. The lowest BCUT2D eigenvalue weighted by atomic mass is 10.1. The molecule has 0 unspecified atom stereocenters. The van der Waals surface area contributed by atoms with Crippen molar-refractivity contribution in [2.24, 2.45) is 5.73 Å². The Hall–Kier alpha value is -7.55. The van der Waals surface area contributed by atoms with Crippen LogP contribution in [0.15, 0.2) is 91.0 Å². The molecule has 316 valence electrons. The Kier molecular flexibility index (Phi) is 10.4. The summed E-state index contributed by atoms with van der Waals surface area (Å²) in [6.07, 6.45) is 1.59. The maximum atomic E-state index is 14.0. The van der Waals surface area contributed by atoms with Crippen molar-refractivity contribution in [1.29, 1.82) is 0 Å². The van der Waals surface area contributed by atoms with Gasteiger partial charge in [-0.25, -0.2) is 0 Å². The average molecular weight is 837 g/mol. The number of nitrogens with one attached hydrogen (secondary N) is 2. The van der Waals surface area contributed by atoms with E-state index in [-0.39, 0.29) is 60.3 Å². The van der Waals surface area contributed by atoms with Gasteiger partial charge in [0.2, 0.25) is 17.7 Å².